The van der Waals surface area contributed by atoms with E-state index in [1.807, 2.05) is 11.9 Å². The van der Waals surface area contributed by atoms with Crippen LogP contribution in [0.1, 0.15) is 48.7 Å². The van der Waals surface area contributed by atoms with Gasteiger partial charge in [-0.25, -0.2) is 14.8 Å². The molecule has 6 heteroatoms. The van der Waals surface area contributed by atoms with Gasteiger partial charge in [0.15, 0.2) is 0 Å². The number of aryl methyl sites for hydroxylation is 1. The normalized spacial score (nSPS) is 16.8. The second kappa shape index (κ2) is 6.39. The monoisotopic (exact) mass is 293 g/mol. The standard InChI is InChI=1S/C15H23N3O3/c1-4-21-13(19)12-9-16-14(17-11(12)2)18(3)10-15(20)7-5-6-8-15/h9,20H,4-8,10H2,1-3H3. The highest BCUT2D eigenvalue weighted by Crippen LogP contribution is 2.30. The molecule has 2 rings (SSSR count). The highest BCUT2D eigenvalue weighted by molar-refractivity contribution is 5.90. The number of aliphatic hydroxyl groups is 1. The SMILES string of the molecule is CCOC(=O)c1cnc(N(C)CC2(O)CCCC2)nc1C. The summed E-state index contributed by atoms with van der Waals surface area (Å²) in [7, 11) is 1.86. The molecule has 0 spiro atoms. The maximum Gasteiger partial charge on any atom is 0.341 e. The van der Waals surface area contributed by atoms with Gasteiger partial charge in [-0.3, -0.25) is 0 Å². The van der Waals surface area contributed by atoms with Crippen LogP contribution in [0.15, 0.2) is 6.20 Å². The van der Waals surface area contributed by atoms with Gasteiger partial charge in [-0.1, -0.05) is 12.8 Å². The first-order valence-electron chi connectivity index (χ1n) is 7.39. The Morgan fingerprint density at radius 3 is 2.71 bits per heavy atom. The summed E-state index contributed by atoms with van der Waals surface area (Å²) in [6.07, 6.45) is 5.25. The predicted octanol–water partition coefficient (Wildman–Crippen LogP) is 1.70. The number of rotatable bonds is 5. The van der Waals surface area contributed by atoms with Gasteiger partial charge in [0.2, 0.25) is 5.95 Å². The predicted molar refractivity (Wildman–Crippen MR) is 79.4 cm³/mol. The lowest BCUT2D eigenvalue weighted by Crippen LogP contribution is -2.40. The summed E-state index contributed by atoms with van der Waals surface area (Å²) in [4.78, 5) is 22.1. The largest absolute Gasteiger partial charge is 0.462 e. The number of esters is 1. The zero-order chi connectivity index (χ0) is 15.5. The second-order valence-corrected chi connectivity index (χ2v) is 5.68. The van der Waals surface area contributed by atoms with Gasteiger partial charge in [-0.15, -0.1) is 0 Å². The minimum atomic E-state index is -0.647. The molecular weight excluding hydrogens is 270 g/mol. The quantitative estimate of drug-likeness (QED) is 0.833. The average Bonchev–Trinajstić information content (AvgIpc) is 2.85. The molecule has 0 aromatic carbocycles. The zero-order valence-electron chi connectivity index (χ0n) is 12.9. The summed E-state index contributed by atoms with van der Waals surface area (Å²) in [6, 6.07) is 0. The number of nitrogens with zero attached hydrogens (tertiary/aromatic N) is 3. The fourth-order valence-electron chi connectivity index (χ4n) is 2.75. The smallest absolute Gasteiger partial charge is 0.341 e. The molecule has 1 heterocycles. The van der Waals surface area contributed by atoms with Crippen LogP contribution in [0.4, 0.5) is 5.95 Å². The molecule has 0 radical (unpaired) electrons. The highest BCUT2D eigenvalue weighted by atomic mass is 16.5. The number of anilines is 1. The molecule has 1 aromatic rings. The van der Waals surface area contributed by atoms with Crippen molar-refractivity contribution in [2.45, 2.75) is 45.1 Å². The van der Waals surface area contributed by atoms with Gasteiger partial charge in [-0.2, -0.15) is 0 Å². The van der Waals surface area contributed by atoms with Crippen molar-refractivity contribution in [3.05, 3.63) is 17.5 Å². The molecule has 6 nitrogen and oxygen atoms in total. The summed E-state index contributed by atoms with van der Waals surface area (Å²) < 4.78 is 4.96. The Labute approximate surface area is 125 Å². The summed E-state index contributed by atoms with van der Waals surface area (Å²) in [5.74, 6) is 0.111. The number of carbonyl (C=O) groups is 1. The molecule has 0 bridgehead atoms. The third-order valence-electron chi connectivity index (χ3n) is 3.87. The maximum absolute atomic E-state index is 11.7. The van der Waals surface area contributed by atoms with E-state index >= 15 is 0 Å². The fraction of sp³-hybridized carbons (Fsp3) is 0.667. The lowest BCUT2D eigenvalue weighted by molar-refractivity contribution is 0.0521. The van der Waals surface area contributed by atoms with Crippen LogP contribution >= 0.6 is 0 Å². The summed E-state index contributed by atoms with van der Waals surface area (Å²) in [5, 5.41) is 10.4. The highest BCUT2D eigenvalue weighted by Gasteiger charge is 2.33. The number of carbonyl (C=O) groups excluding carboxylic acids is 1. The van der Waals surface area contributed by atoms with Crippen LogP contribution in [0.25, 0.3) is 0 Å². The van der Waals surface area contributed by atoms with Crippen molar-refractivity contribution in [2.24, 2.45) is 0 Å². The molecule has 0 atom stereocenters. The Bertz CT molecular complexity index is 513. The van der Waals surface area contributed by atoms with E-state index in [1.165, 1.54) is 6.20 Å². The van der Waals surface area contributed by atoms with Crippen molar-refractivity contribution >= 4 is 11.9 Å². The van der Waals surface area contributed by atoms with Gasteiger partial charge in [0.05, 0.1) is 23.5 Å². The molecule has 1 saturated carbocycles. The van der Waals surface area contributed by atoms with E-state index in [0.29, 0.717) is 30.4 Å². The van der Waals surface area contributed by atoms with Gasteiger partial charge >= 0.3 is 5.97 Å². The third kappa shape index (κ3) is 3.69. The van der Waals surface area contributed by atoms with Crippen LogP contribution in [0.2, 0.25) is 0 Å². The Balaban J connectivity index is 2.10. The Kier molecular flexibility index (Phi) is 4.77. The number of hydrogen-bond acceptors (Lipinski definition) is 6. The van der Waals surface area contributed by atoms with E-state index in [9.17, 15) is 9.90 Å². The molecule has 0 amide bonds. The molecule has 0 saturated heterocycles. The van der Waals surface area contributed by atoms with Crippen molar-refractivity contribution < 1.29 is 14.6 Å². The van der Waals surface area contributed by atoms with Crippen molar-refractivity contribution in [2.75, 3.05) is 25.1 Å². The fourth-order valence-corrected chi connectivity index (χ4v) is 2.75. The molecular formula is C15H23N3O3. The minimum absolute atomic E-state index is 0.326. The van der Waals surface area contributed by atoms with Gasteiger partial charge in [-0.05, 0) is 26.7 Å². The Hall–Kier alpha value is -1.69. The lowest BCUT2D eigenvalue weighted by atomic mass is 10.0. The molecule has 0 aliphatic heterocycles. The van der Waals surface area contributed by atoms with E-state index in [0.717, 1.165) is 25.7 Å². The lowest BCUT2D eigenvalue weighted by Gasteiger charge is -2.28. The summed E-state index contributed by atoms with van der Waals surface area (Å²) in [6.45, 7) is 4.35. The number of ether oxygens (including phenoxy) is 1. The van der Waals surface area contributed by atoms with Crippen LogP contribution in [0.5, 0.6) is 0 Å². The van der Waals surface area contributed by atoms with Crippen molar-refractivity contribution in [1.82, 2.24) is 9.97 Å². The number of likely N-dealkylation sites (N-methyl/N-ethyl adjacent to an activating group) is 1. The topological polar surface area (TPSA) is 75.5 Å². The average molecular weight is 293 g/mol. The first kappa shape index (κ1) is 15.7. The zero-order valence-corrected chi connectivity index (χ0v) is 12.9. The van der Waals surface area contributed by atoms with E-state index in [2.05, 4.69) is 9.97 Å². The van der Waals surface area contributed by atoms with Crippen LogP contribution in [-0.2, 0) is 4.74 Å². The Morgan fingerprint density at radius 2 is 2.14 bits per heavy atom. The van der Waals surface area contributed by atoms with E-state index in [1.54, 1.807) is 13.8 Å². The van der Waals surface area contributed by atoms with Crippen LogP contribution in [0.3, 0.4) is 0 Å². The second-order valence-electron chi connectivity index (χ2n) is 5.68. The molecule has 1 aromatic heterocycles. The van der Waals surface area contributed by atoms with Crippen molar-refractivity contribution in [1.29, 1.82) is 0 Å². The molecule has 1 aliphatic rings. The maximum atomic E-state index is 11.7. The first-order valence-corrected chi connectivity index (χ1v) is 7.39. The van der Waals surface area contributed by atoms with Crippen LogP contribution in [-0.4, -0.2) is 46.8 Å². The number of hydrogen-bond donors (Lipinski definition) is 1. The molecule has 21 heavy (non-hydrogen) atoms. The molecule has 1 fully saturated rings. The minimum Gasteiger partial charge on any atom is -0.462 e. The van der Waals surface area contributed by atoms with Gasteiger partial charge in [0.1, 0.15) is 0 Å². The molecule has 116 valence electrons. The van der Waals surface area contributed by atoms with Gasteiger partial charge < -0.3 is 14.7 Å². The van der Waals surface area contributed by atoms with Gasteiger partial charge in [0, 0.05) is 19.8 Å². The number of aromatic nitrogens is 2. The molecule has 1 N–H and O–H groups in total. The Morgan fingerprint density at radius 1 is 1.48 bits per heavy atom. The van der Waals surface area contributed by atoms with Gasteiger partial charge in [0.25, 0.3) is 0 Å². The van der Waals surface area contributed by atoms with Crippen molar-refractivity contribution in [3.8, 4) is 0 Å². The first-order chi connectivity index (χ1) is 9.95. The van der Waals surface area contributed by atoms with Crippen LogP contribution in [0, 0.1) is 6.92 Å². The van der Waals surface area contributed by atoms with E-state index < -0.39 is 11.6 Å². The van der Waals surface area contributed by atoms with Crippen molar-refractivity contribution in [3.63, 3.8) is 0 Å². The molecule has 0 unspecified atom stereocenters. The van der Waals surface area contributed by atoms with Crippen LogP contribution < -0.4 is 4.90 Å². The summed E-state index contributed by atoms with van der Waals surface area (Å²) >= 11 is 0. The van der Waals surface area contributed by atoms with E-state index in [4.69, 9.17) is 4.74 Å². The molecule has 1 aliphatic carbocycles. The summed E-state index contributed by atoms with van der Waals surface area (Å²) in [5.41, 5.74) is 0.323. The van der Waals surface area contributed by atoms with E-state index in [-0.39, 0.29) is 0 Å². The third-order valence-corrected chi connectivity index (χ3v) is 3.87.